The van der Waals surface area contributed by atoms with Gasteiger partial charge in [0.25, 0.3) is 5.91 Å². The predicted molar refractivity (Wildman–Crippen MR) is 113 cm³/mol. The standard InChI is InChI=1S/C20H18Cl2N6O2/c1-12-18(22)13(2)28(25-12)10-15-7-8-17(30-15)19(29)24-20-23-11-27(26-20)9-14-5-3-4-6-16(14)21/h3-8,11H,9-10H2,1-2H3,(H,24,26,29). The van der Waals surface area contributed by atoms with Gasteiger partial charge in [0.05, 0.1) is 29.5 Å². The monoisotopic (exact) mass is 444 g/mol. The highest BCUT2D eigenvalue weighted by Gasteiger charge is 2.16. The molecule has 0 spiro atoms. The van der Waals surface area contributed by atoms with E-state index >= 15 is 0 Å². The van der Waals surface area contributed by atoms with E-state index in [9.17, 15) is 4.79 Å². The second kappa shape index (κ2) is 8.33. The molecule has 0 saturated heterocycles. The van der Waals surface area contributed by atoms with Gasteiger partial charge in [0.15, 0.2) is 5.76 Å². The Labute approximate surface area is 182 Å². The first-order valence-corrected chi connectivity index (χ1v) is 9.88. The molecule has 3 aromatic heterocycles. The second-order valence-electron chi connectivity index (χ2n) is 6.72. The number of aromatic nitrogens is 5. The molecule has 1 aromatic carbocycles. The van der Waals surface area contributed by atoms with Crippen LogP contribution in [0.3, 0.4) is 0 Å². The summed E-state index contributed by atoms with van der Waals surface area (Å²) in [4.78, 5) is 16.6. The van der Waals surface area contributed by atoms with E-state index in [2.05, 4.69) is 20.5 Å². The lowest BCUT2D eigenvalue weighted by Gasteiger charge is -2.03. The minimum absolute atomic E-state index is 0.153. The summed E-state index contributed by atoms with van der Waals surface area (Å²) in [5.41, 5.74) is 2.49. The molecule has 154 valence electrons. The number of nitrogens with zero attached hydrogens (tertiary/aromatic N) is 5. The zero-order valence-corrected chi connectivity index (χ0v) is 17.8. The number of nitrogens with one attached hydrogen (secondary N) is 1. The zero-order valence-electron chi connectivity index (χ0n) is 16.3. The highest BCUT2D eigenvalue weighted by molar-refractivity contribution is 6.32. The quantitative estimate of drug-likeness (QED) is 0.477. The van der Waals surface area contributed by atoms with Gasteiger partial charge in [0.2, 0.25) is 5.95 Å². The number of furan rings is 1. The third-order valence-electron chi connectivity index (χ3n) is 4.54. The lowest BCUT2D eigenvalue weighted by atomic mass is 10.2. The summed E-state index contributed by atoms with van der Waals surface area (Å²) in [5, 5.41) is 12.5. The van der Waals surface area contributed by atoms with Gasteiger partial charge < -0.3 is 4.42 Å². The van der Waals surface area contributed by atoms with E-state index in [0.717, 1.165) is 17.0 Å². The Bertz CT molecular complexity index is 1210. The molecule has 0 aliphatic heterocycles. The fraction of sp³-hybridized carbons (Fsp3) is 0.200. The topological polar surface area (TPSA) is 90.8 Å². The van der Waals surface area contributed by atoms with Crippen molar-refractivity contribution in [1.29, 1.82) is 0 Å². The second-order valence-corrected chi connectivity index (χ2v) is 7.50. The van der Waals surface area contributed by atoms with Crippen molar-refractivity contribution in [2.24, 2.45) is 0 Å². The van der Waals surface area contributed by atoms with Gasteiger partial charge in [0.1, 0.15) is 12.1 Å². The molecule has 4 rings (SSSR count). The van der Waals surface area contributed by atoms with E-state index < -0.39 is 5.91 Å². The summed E-state index contributed by atoms with van der Waals surface area (Å²) >= 11 is 12.3. The van der Waals surface area contributed by atoms with Crippen LogP contribution in [0.2, 0.25) is 10.0 Å². The summed E-state index contributed by atoms with van der Waals surface area (Å²) < 4.78 is 8.97. The van der Waals surface area contributed by atoms with Crippen molar-refractivity contribution in [3.63, 3.8) is 0 Å². The average molecular weight is 445 g/mol. The Balaban J connectivity index is 1.41. The van der Waals surface area contributed by atoms with Gasteiger partial charge in [-0.25, -0.2) is 9.67 Å². The van der Waals surface area contributed by atoms with E-state index in [1.165, 1.54) is 6.33 Å². The van der Waals surface area contributed by atoms with Crippen LogP contribution >= 0.6 is 23.2 Å². The predicted octanol–water partition coefficient (Wildman–Crippen LogP) is 4.34. The van der Waals surface area contributed by atoms with Crippen molar-refractivity contribution in [3.05, 3.63) is 81.2 Å². The van der Waals surface area contributed by atoms with Gasteiger partial charge in [-0.05, 0) is 37.6 Å². The van der Waals surface area contributed by atoms with Crippen molar-refractivity contribution < 1.29 is 9.21 Å². The minimum Gasteiger partial charge on any atom is -0.454 e. The fourth-order valence-electron chi connectivity index (χ4n) is 2.95. The molecule has 0 bridgehead atoms. The largest absolute Gasteiger partial charge is 0.454 e. The molecule has 30 heavy (non-hydrogen) atoms. The van der Waals surface area contributed by atoms with E-state index in [1.807, 2.05) is 38.1 Å². The number of hydrogen-bond donors (Lipinski definition) is 1. The molecule has 0 fully saturated rings. The zero-order chi connectivity index (χ0) is 21.3. The molecule has 0 saturated carbocycles. The number of carbonyl (C=O) groups is 1. The maximum Gasteiger partial charge on any atom is 0.293 e. The van der Waals surface area contributed by atoms with E-state index in [4.69, 9.17) is 27.6 Å². The van der Waals surface area contributed by atoms with Gasteiger partial charge in [0, 0.05) is 5.02 Å². The van der Waals surface area contributed by atoms with Crippen molar-refractivity contribution in [2.75, 3.05) is 5.32 Å². The maximum atomic E-state index is 12.5. The van der Waals surface area contributed by atoms with E-state index in [0.29, 0.717) is 28.9 Å². The first kappa shape index (κ1) is 20.2. The van der Waals surface area contributed by atoms with Gasteiger partial charge in [-0.3, -0.25) is 14.8 Å². The van der Waals surface area contributed by atoms with Crippen molar-refractivity contribution in [2.45, 2.75) is 26.9 Å². The molecule has 0 atom stereocenters. The van der Waals surface area contributed by atoms with Crippen LogP contribution in [0.5, 0.6) is 0 Å². The van der Waals surface area contributed by atoms with Crippen LogP contribution in [-0.2, 0) is 13.1 Å². The Morgan fingerprint density at radius 1 is 1.10 bits per heavy atom. The van der Waals surface area contributed by atoms with Gasteiger partial charge >= 0.3 is 0 Å². The molecule has 0 aliphatic carbocycles. The molecular formula is C20H18Cl2N6O2. The highest BCUT2D eigenvalue weighted by Crippen LogP contribution is 2.21. The number of anilines is 1. The number of benzene rings is 1. The SMILES string of the molecule is Cc1nn(Cc2ccc(C(=O)Nc3ncn(Cc4ccccc4Cl)n3)o2)c(C)c1Cl. The van der Waals surface area contributed by atoms with Crippen LogP contribution in [0.4, 0.5) is 5.95 Å². The number of amides is 1. The molecule has 0 unspecified atom stereocenters. The van der Waals surface area contributed by atoms with Crippen LogP contribution in [0, 0.1) is 13.8 Å². The molecule has 4 aromatic rings. The highest BCUT2D eigenvalue weighted by atomic mass is 35.5. The number of halogens is 2. The van der Waals surface area contributed by atoms with Crippen LogP contribution in [0.15, 0.2) is 47.1 Å². The molecular weight excluding hydrogens is 427 g/mol. The summed E-state index contributed by atoms with van der Waals surface area (Å²) in [5.74, 6) is 0.471. The number of hydrogen-bond acceptors (Lipinski definition) is 5. The first-order chi connectivity index (χ1) is 14.4. The summed E-state index contributed by atoms with van der Waals surface area (Å²) in [6.07, 6.45) is 1.53. The molecule has 0 radical (unpaired) electrons. The summed E-state index contributed by atoms with van der Waals surface area (Å²) in [6.45, 7) is 4.53. The maximum absolute atomic E-state index is 12.5. The fourth-order valence-corrected chi connectivity index (χ4v) is 3.28. The Morgan fingerprint density at radius 2 is 1.90 bits per heavy atom. The number of aryl methyl sites for hydroxylation is 1. The van der Waals surface area contributed by atoms with E-state index in [-0.39, 0.29) is 11.7 Å². The molecule has 1 N–H and O–H groups in total. The first-order valence-electron chi connectivity index (χ1n) is 9.13. The molecule has 3 heterocycles. The minimum atomic E-state index is -0.442. The number of carbonyl (C=O) groups excluding carboxylic acids is 1. The third kappa shape index (κ3) is 4.24. The molecule has 1 amide bonds. The van der Waals surface area contributed by atoms with E-state index in [1.54, 1.807) is 21.5 Å². The van der Waals surface area contributed by atoms with Gasteiger partial charge in [-0.15, -0.1) is 5.10 Å². The molecule has 10 heteroatoms. The van der Waals surface area contributed by atoms with Crippen molar-refractivity contribution in [3.8, 4) is 0 Å². The lowest BCUT2D eigenvalue weighted by molar-refractivity contribution is 0.0993. The third-order valence-corrected chi connectivity index (χ3v) is 5.45. The van der Waals surface area contributed by atoms with Crippen LogP contribution in [0.1, 0.15) is 33.3 Å². The molecule has 0 aliphatic rings. The smallest absolute Gasteiger partial charge is 0.293 e. The summed E-state index contributed by atoms with van der Waals surface area (Å²) in [6, 6.07) is 10.8. The number of rotatable bonds is 6. The Hall–Kier alpha value is -3.10. The van der Waals surface area contributed by atoms with Crippen LogP contribution in [0.25, 0.3) is 0 Å². The normalized spacial score (nSPS) is 11.1. The Morgan fingerprint density at radius 3 is 2.63 bits per heavy atom. The van der Waals surface area contributed by atoms with Crippen LogP contribution < -0.4 is 5.32 Å². The van der Waals surface area contributed by atoms with Crippen molar-refractivity contribution in [1.82, 2.24) is 24.5 Å². The van der Waals surface area contributed by atoms with Crippen molar-refractivity contribution >= 4 is 35.1 Å². The Kier molecular flexibility index (Phi) is 5.61. The summed E-state index contributed by atoms with van der Waals surface area (Å²) in [7, 11) is 0. The molecule has 8 nitrogen and oxygen atoms in total. The lowest BCUT2D eigenvalue weighted by Crippen LogP contribution is -2.13. The van der Waals surface area contributed by atoms with Gasteiger partial charge in [-0.1, -0.05) is 41.4 Å². The average Bonchev–Trinajstić information content (AvgIpc) is 3.42. The van der Waals surface area contributed by atoms with Gasteiger partial charge in [-0.2, -0.15) is 5.10 Å². The van der Waals surface area contributed by atoms with Crippen LogP contribution in [-0.4, -0.2) is 30.5 Å².